The van der Waals surface area contributed by atoms with Gasteiger partial charge in [0.15, 0.2) is 0 Å². The Kier molecular flexibility index (Phi) is 3.08. The van der Waals surface area contributed by atoms with Crippen LogP contribution in [0.15, 0.2) is 0 Å². The predicted octanol–water partition coefficient (Wildman–Crippen LogP) is -0.168. The summed E-state index contributed by atoms with van der Waals surface area (Å²) in [4.78, 5) is 14.1. The molecule has 2 aliphatic carbocycles. The van der Waals surface area contributed by atoms with E-state index in [1.54, 1.807) is 0 Å². The van der Waals surface area contributed by atoms with Gasteiger partial charge in [0.25, 0.3) is 0 Å². The van der Waals surface area contributed by atoms with Gasteiger partial charge in [-0.15, -0.1) is 0 Å². The second kappa shape index (κ2) is 4.47. The van der Waals surface area contributed by atoms with Gasteiger partial charge in [-0.3, -0.25) is 9.69 Å². The van der Waals surface area contributed by atoms with E-state index in [0.717, 1.165) is 38.8 Å². The standard InChI is InChI=1S/C13H23N3O2/c14-12(17)13(15,9-4-5-9)8-16-6-7-18-11-3-1-2-10(11)16/h9-11H,1-8,15H2,(H2,14,17). The van der Waals surface area contributed by atoms with Crippen molar-refractivity contribution in [3.8, 4) is 0 Å². The van der Waals surface area contributed by atoms with Crippen LogP contribution in [0, 0.1) is 5.92 Å². The molecule has 1 aliphatic heterocycles. The Morgan fingerprint density at radius 2 is 2.11 bits per heavy atom. The number of carbonyl (C=O) groups excluding carboxylic acids is 1. The first kappa shape index (κ1) is 12.4. The number of hydrogen-bond donors (Lipinski definition) is 2. The van der Waals surface area contributed by atoms with Crippen molar-refractivity contribution in [1.29, 1.82) is 0 Å². The van der Waals surface area contributed by atoms with E-state index in [0.29, 0.717) is 18.7 Å². The molecule has 0 aromatic heterocycles. The molecular weight excluding hydrogens is 230 g/mol. The van der Waals surface area contributed by atoms with Crippen LogP contribution < -0.4 is 11.5 Å². The van der Waals surface area contributed by atoms with Crippen molar-refractivity contribution in [3.63, 3.8) is 0 Å². The molecule has 5 heteroatoms. The highest BCUT2D eigenvalue weighted by Crippen LogP contribution is 2.40. The third-order valence-electron chi connectivity index (χ3n) is 4.83. The predicted molar refractivity (Wildman–Crippen MR) is 67.8 cm³/mol. The molecule has 0 bridgehead atoms. The minimum Gasteiger partial charge on any atom is -0.375 e. The average Bonchev–Trinajstić information content (AvgIpc) is 3.08. The molecule has 3 fully saturated rings. The highest BCUT2D eigenvalue weighted by atomic mass is 16.5. The molecule has 2 saturated carbocycles. The Morgan fingerprint density at radius 1 is 1.33 bits per heavy atom. The van der Waals surface area contributed by atoms with E-state index in [4.69, 9.17) is 16.2 Å². The van der Waals surface area contributed by atoms with Crippen molar-refractivity contribution >= 4 is 5.91 Å². The summed E-state index contributed by atoms with van der Waals surface area (Å²) in [6.45, 7) is 2.23. The van der Waals surface area contributed by atoms with Crippen LogP contribution in [-0.4, -0.2) is 48.2 Å². The molecule has 1 amide bonds. The molecular formula is C13H23N3O2. The summed E-state index contributed by atoms with van der Waals surface area (Å²) >= 11 is 0. The van der Waals surface area contributed by atoms with Crippen LogP contribution in [0.1, 0.15) is 32.1 Å². The van der Waals surface area contributed by atoms with Gasteiger partial charge >= 0.3 is 0 Å². The van der Waals surface area contributed by atoms with Crippen LogP contribution in [0.25, 0.3) is 0 Å². The second-order valence-electron chi connectivity index (χ2n) is 6.06. The molecule has 3 aliphatic rings. The SMILES string of the molecule is NC(=O)C(N)(CN1CCOC2CCCC21)C1CC1. The van der Waals surface area contributed by atoms with E-state index in [1.807, 2.05) is 0 Å². The number of hydrogen-bond acceptors (Lipinski definition) is 4. The summed E-state index contributed by atoms with van der Waals surface area (Å²) < 4.78 is 5.78. The fourth-order valence-corrected chi connectivity index (χ4v) is 3.54. The molecule has 0 aromatic carbocycles. The van der Waals surface area contributed by atoms with Gasteiger partial charge in [0.2, 0.25) is 5.91 Å². The third-order valence-corrected chi connectivity index (χ3v) is 4.83. The topological polar surface area (TPSA) is 81.6 Å². The molecule has 102 valence electrons. The van der Waals surface area contributed by atoms with Crippen molar-refractivity contribution in [3.05, 3.63) is 0 Å². The lowest BCUT2D eigenvalue weighted by molar-refractivity contribution is -0.126. The number of rotatable bonds is 4. The summed E-state index contributed by atoms with van der Waals surface area (Å²) in [6.07, 6.45) is 5.93. The molecule has 1 saturated heterocycles. The van der Waals surface area contributed by atoms with E-state index in [-0.39, 0.29) is 11.8 Å². The van der Waals surface area contributed by atoms with Gasteiger partial charge in [-0.1, -0.05) is 0 Å². The Labute approximate surface area is 108 Å². The van der Waals surface area contributed by atoms with Crippen LogP contribution in [0.5, 0.6) is 0 Å². The molecule has 4 N–H and O–H groups in total. The van der Waals surface area contributed by atoms with Gasteiger partial charge in [0, 0.05) is 19.1 Å². The van der Waals surface area contributed by atoms with Gasteiger partial charge < -0.3 is 16.2 Å². The van der Waals surface area contributed by atoms with Crippen molar-refractivity contribution < 1.29 is 9.53 Å². The van der Waals surface area contributed by atoms with Gasteiger partial charge in [-0.05, 0) is 38.0 Å². The summed E-state index contributed by atoms with van der Waals surface area (Å²) in [7, 11) is 0. The van der Waals surface area contributed by atoms with Crippen LogP contribution in [0.2, 0.25) is 0 Å². The van der Waals surface area contributed by atoms with Crippen LogP contribution in [0.3, 0.4) is 0 Å². The summed E-state index contributed by atoms with van der Waals surface area (Å²) in [5.41, 5.74) is 11.0. The first-order valence-corrected chi connectivity index (χ1v) is 7.06. The highest BCUT2D eigenvalue weighted by molar-refractivity contribution is 5.85. The second-order valence-corrected chi connectivity index (χ2v) is 6.06. The summed E-state index contributed by atoms with van der Waals surface area (Å²) in [5.74, 6) is -0.0521. The Balaban J connectivity index is 1.72. The molecule has 18 heavy (non-hydrogen) atoms. The van der Waals surface area contributed by atoms with Crippen molar-refractivity contribution in [2.45, 2.75) is 49.8 Å². The number of nitrogens with zero attached hydrogens (tertiary/aromatic N) is 1. The number of fused-ring (bicyclic) bond motifs is 1. The van der Waals surface area contributed by atoms with E-state index in [9.17, 15) is 4.79 Å². The van der Waals surface area contributed by atoms with E-state index in [1.165, 1.54) is 6.42 Å². The number of ether oxygens (including phenoxy) is 1. The minimum absolute atomic E-state index is 0.290. The third kappa shape index (κ3) is 2.04. The van der Waals surface area contributed by atoms with Crippen LogP contribution in [0.4, 0.5) is 0 Å². The molecule has 1 heterocycles. The molecule has 3 unspecified atom stereocenters. The first-order valence-electron chi connectivity index (χ1n) is 7.06. The van der Waals surface area contributed by atoms with Crippen molar-refractivity contribution in [2.75, 3.05) is 19.7 Å². The normalized spacial score (nSPS) is 36.1. The zero-order chi connectivity index (χ0) is 12.8. The zero-order valence-corrected chi connectivity index (χ0v) is 10.8. The largest absolute Gasteiger partial charge is 0.375 e. The lowest BCUT2D eigenvalue weighted by atomic mass is 9.91. The maximum absolute atomic E-state index is 11.7. The minimum atomic E-state index is -0.829. The number of primary amides is 1. The maximum Gasteiger partial charge on any atom is 0.239 e. The monoisotopic (exact) mass is 253 g/mol. The van der Waals surface area contributed by atoms with E-state index >= 15 is 0 Å². The summed E-state index contributed by atoms with van der Waals surface area (Å²) in [5, 5.41) is 0. The fourth-order valence-electron chi connectivity index (χ4n) is 3.54. The smallest absolute Gasteiger partial charge is 0.239 e. The first-order chi connectivity index (χ1) is 8.61. The molecule has 3 rings (SSSR count). The number of amides is 1. The molecule has 0 aromatic rings. The van der Waals surface area contributed by atoms with E-state index in [2.05, 4.69) is 4.90 Å². The van der Waals surface area contributed by atoms with Gasteiger partial charge in [-0.25, -0.2) is 0 Å². The fraction of sp³-hybridized carbons (Fsp3) is 0.923. The summed E-state index contributed by atoms with van der Waals surface area (Å²) in [6, 6.07) is 0.444. The average molecular weight is 253 g/mol. The Bertz CT molecular complexity index is 345. The highest BCUT2D eigenvalue weighted by Gasteiger charge is 2.49. The van der Waals surface area contributed by atoms with Gasteiger partial charge in [-0.2, -0.15) is 0 Å². The maximum atomic E-state index is 11.7. The Morgan fingerprint density at radius 3 is 2.78 bits per heavy atom. The van der Waals surface area contributed by atoms with Crippen molar-refractivity contribution in [1.82, 2.24) is 4.90 Å². The zero-order valence-electron chi connectivity index (χ0n) is 10.8. The quantitative estimate of drug-likeness (QED) is 0.729. The number of morpholine rings is 1. The molecule has 0 spiro atoms. The lowest BCUT2D eigenvalue weighted by Crippen LogP contribution is -2.64. The molecule has 5 nitrogen and oxygen atoms in total. The number of carbonyl (C=O) groups is 1. The van der Waals surface area contributed by atoms with Gasteiger partial charge in [0.1, 0.15) is 5.54 Å². The molecule has 0 radical (unpaired) electrons. The Hall–Kier alpha value is -0.650. The van der Waals surface area contributed by atoms with Crippen LogP contribution >= 0.6 is 0 Å². The lowest BCUT2D eigenvalue weighted by Gasteiger charge is -2.42. The van der Waals surface area contributed by atoms with Crippen LogP contribution in [-0.2, 0) is 9.53 Å². The number of nitrogens with two attached hydrogens (primary N) is 2. The van der Waals surface area contributed by atoms with Crippen molar-refractivity contribution in [2.24, 2.45) is 17.4 Å². The van der Waals surface area contributed by atoms with E-state index < -0.39 is 5.54 Å². The van der Waals surface area contributed by atoms with Gasteiger partial charge in [0.05, 0.1) is 12.7 Å². The molecule has 3 atom stereocenters.